The van der Waals surface area contributed by atoms with Gasteiger partial charge in [-0.15, -0.1) is 0 Å². The number of imidazole rings is 1. The van der Waals surface area contributed by atoms with E-state index in [0.717, 1.165) is 112 Å². The van der Waals surface area contributed by atoms with Gasteiger partial charge in [0.15, 0.2) is 0 Å². The number of ether oxygens (including phenoxy) is 1. The summed E-state index contributed by atoms with van der Waals surface area (Å²) in [7, 11) is 1.71. The molecule has 2 saturated heterocycles. The molecule has 2 aromatic carbocycles. The molecule has 3 aromatic heterocycles. The van der Waals surface area contributed by atoms with E-state index in [-0.39, 0.29) is 36.1 Å². The van der Waals surface area contributed by atoms with Crippen LogP contribution in [-0.4, -0.2) is 115 Å². The number of benzene rings is 2. The van der Waals surface area contributed by atoms with Crippen molar-refractivity contribution in [2.24, 2.45) is 7.05 Å². The number of imide groups is 1. The summed E-state index contributed by atoms with van der Waals surface area (Å²) in [6.45, 7) is 8.67. The summed E-state index contributed by atoms with van der Waals surface area (Å²) in [4.78, 5) is 51.3. The number of nitrogens with zero attached hydrogens (tertiary/aromatic N) is 7. The third kappa shape index (κ3) is 9.72. The fourth-order valence-electron chi connectivity index (χ4n) is 9.09. The molecule has 61 heavy (non-hydrogen) atoms. The first kappa shape index (κ1) is 42.7. The molecular formula is C45H57F2N9O5. The SMILES string of the molecule is C[C@H](Nc1ncc2c(-c3ccc(CN4CCN(CCCOCCCc5ccc6c(c5)n(C)c(=O)n6C5CCC(=O)NC5=O)CC4)cc3)cn([C@H]3CC[C@H](O)CC3)c2n1)C(F)F. The smallest absolute Gasteiger partial charge is 0.329 e. The van der Waals surface area contributed by atoms with E-state index in [1.165, 1.54) is 17.1 Å². The van der Waals surface area contributed by atoms with Crippen LogP contribution in [0.1, 0.15) is 81.5 Å². The van der Waals surface area contributed by atoms with Crippen molar-refractivity contribution in [3.8, 4) is 11.1 Å². The number of rotatable bonds is 16. The molecule has 5 heterocycles. The molecule has 3 fully saturated rings. The Balaban J connectivity index is 0.773. The predicted molar refractivity (Wildman–Crippen MR) is 230 cm³/mol. The number of fused-ring (bicyclic) bond motifs is 2. The molecule has 2 amide bonds. The number of piperidine rings is 1. The van der Waals surface area contributed by atoms with Gasteiger partial charge in [-0.1, -0.05) is 30.3 Å². The van der Waals surface area contributed by atoms with Crippen molar-refractivity contribution < 1.29 is 28.2 Å². The second kappa shape index (κ2) is 18.9. The van der Waals surface area contributed by atoms with Crippen LogP contribution in [-0.2, 0) is 34.3 Å². The molecule has 8 rings (SSSR count). The van der Waals surface area contributed by atoms with Gasteiger partial charge in [0.05, 0.1) is 23.2 Å². The van der Waals surface area contributed by atoms with Crippen LogP contribution in [0.3, 0.4) is 0 Å². The first-order valence-electron chi connectivity index (χ1n) is 21.8. The molecule has 1 aliphatic carbocycles. The number of anilines is 1. The van der Waals surface area contributed by atoms with Gasteiger partial charge < -0.3 is 24.6 Å². The normalized spacial score (nSPS) is 21.1. The highest BCUT2D eigenvalue weighted by Gasteiger charge is 2.31. The molecule has 2 aliphatic heterocycles. The Labute approximate surface area is 353 Å². The molecule has 3 aliphatic rings. The Morgan fingerprint density at radius 2 is 1.64 bits per heavy atom. The van der Waals surface area contributed by atoms with Gasteiger partial charge >= 0.3 is 5.69 Å². The molecule has 1 unspecified atom stereocenters. The highest BCUT2D eigenvalue weighted by atomic mass is 19.3. The number of carbonyl (C=O) groups excluding carboxylic acids is 2. The topological polar surface area (TPSA) is 152 Å². The van der Waals surface area contributed by atoms with Crippen LogP contribution in [0.2, 0.25) is 0 Å². The zero-order valence-corrected chi connectivity index (χ0v) is 35.1. The van der Waals surface area contributed by atoms with E-state index in [4.69, 9.17) is 9.72 Å². The number of alkyl halides is 2. The number of nitrogens with one attached hydrogen (secondary N) is 2. The fraction of sp³-hybridized carbons (Fsp3) is 0.533. The Morgan fingerprint density at radius 1 is 0.918 bits per heavy atom. The number of amides is 2. The minimum Gasteiger partial charge on any atom is -0.393 e. The molecule has 14 nitrogen and oxygen atoms in total. The highest BCUT2D eigenvalue weighted by Crippen LogP contribution is 2.37. The average Bonchev–Trinajstić information content (AvgIpc) is 3.75. The maximum absolute atomic E-state index is 13.3. The summed E-state index contributed by atoms with van der Waals surface area (Å²) < 4.78 is 37.8. The van der Waals surface area contributed by atoms with Gasteiger partial charge in [0.25, 0.3) is 6.43 Å². The first-order valence-corrected chi connectivity index (χ1v) is 21.8. The zero-order valence-electron chi connectivity index (χ0n) is 35.1. The number of piperazine rings is 1. The van der Waals surface area contributed by atoms with E-state index >= 15 is 0 Å². The Morgan fingerprint density at radius 3 is 2.38 bits per heavy atom. The molecule has 0 bridgehead atoms. The molecular weight excluding hydrogens is 785 g/mol. The average molecular weight is 842 g/mol. The van der Waals surface area contributed by atoms with Crippen LogP contribution in [0, 0.1) is 0 Å². The molecule has 5 aromatic rings. The lowest BCUT2D eigenvalue weighted by Crippen LogP contribution is -2.46. The standard InChI is InChI=1S/C45H57F2N9O5/c1-29(41(46)47)49-44-48-26-35-36(28-55(42(35)51-44)33-11-13-34(57)14-12-33)32-9-6-31(7-10-32)27-54-21-19-53(20-22-54)18-4-24-61-23-3-5-30-8-15-37-39(25-30)52(2)45(60)56(37)38-16-17-40(58)50-43(38)59/h6-10,15,25-26,28-29,33-34,38,41,57H,3-5,11-14,16-24,27H2,1-2H3,(H,48,49,51)(H,50,58,59)/t29-,33-,34-,38?/m0/s1. The van der Waals surface area contributed by atoms with Crippen molar-refractivity contribution >= 4 is 39.8 Å². The van der Waals surface area contributed by atoms with E-state index in [1.54, 1.807) is 17.8 Å². The zero-order chi connectivity index (χ0) is 42.6. The van der Waals surface area contributed by atoms with Crippen LogP contribution in [0.15, 0.2) is 59.7 Å². The molecule has 0 spiro atoms. The van der Waals surface area contributed by atoms with E-state index in [1.807, 2.05) is 18.2 Å². The summed E-state index contributed by atoms with van der Waals surface area (Å²) in [5.41, 5.74) is 6.32. The van der Waals surface area contributed by atoms with Crippen LogP contribution < -0.4 is 16.3 Å². The third-order valence-corrected chi connectivity index (χ3v) is 12.7. The number of hydrogen-bond acceptors (Lipinski definition) is 10. The third-order valence-electron chi connectivity index (χ3n) is 12.7. The molecule has 1 saturated carbocycles. The summed E-state index contributed by atoms with van der Waals surface area (Å²) in [5, 5.41) is 16.1. The fourth-order valence-corrected chi connectivity index (χ4v) is 9.09. The van der Waals surface area contributed by atoms with Crippen LogP contribution in [0.4, 0.5) is 14.7 Å². The Hall–Kier alpha value is -5.03. The van der Waals surface area contributed by atoms with E-state index in [0.29, 0.717) is 30.8 Å². The largest absolute Gasteiger partial charge is 0.393 e. The molecule has 3 N–H and O–H groups in total. The maximum atomic E-state index is 13.3. The van der Waals surface area contributed by atoms with Crippen LogP contribution in [0.25, 0.3) is 33.2 Å². The summed E-state index contributed by atoms with van der Waals surface area (Å²) in [6, 6.07) is 13.0. The van der Waals surface area contributed by atoms with Crippen molar-refractivity contribution in [3.05, 3.63) is 76.5 Å². The van der Waals surface area contributed by atoms with E-state index < -0.39 is 24.4 Å². The lowest BCUT2D eigenvalue weighted by Gasteiger charge is -2.34. The summed E-state index contributed by atoms with van der Waals surface area (Å²) in [6.07, 6.45) is 7.29. The van der Waals surface area contributed by atoms with Gasteiger partial charge in [-0.25, -0.2) is 18.6 Å². The number of aryl methyl sites for hydroxylation is 2. The number of halogens is 2. The molecule has 16 heteroatoms. The van der Waals surface area contributed by atoms with Gasteiger partial charge in [0.1, 0.15) is 11.7 Å². The number of hydrogen-bond donors (Lipinski definition) is 3. The van der Waals surface area contributed by atoms with Gasteiger partial charge in [-0.05, 0) is 87.1 Å². The molecule has 2 atom stereocenters. The minimum absolute atomic E-state index is 0.163. The van der Waals surface area contributed by atoms with Crippen molar-refractivity contribution in [2.75, 3.05) is 51.3 Å². The van der Waals surface area contributed by atoms with Gasteiger partial charge in [0.2, 0.25) is 17.8 Å². The Kier molecular flexibility index (Phi) is 13.2. The second-order valence-electron chi connectivity index (χ2n) is 17.0. The maximum Gasteiger partial charge on any atom is 0.329 e. The highest BCUT2D eigenvalue weighted by molar-refractivity contribution is 6.00. The van der Waals surface area contributed by atoms with Gasteiger partial charge in [0, 0.05) is 95.3 Å². The predicted octanol–water partition coefficient (Wildman–Crippen LogP) is 5.43. The Bertz CT molecular complexity index is 2380. The van der Waals surface area contributed by atoms with Crippen molar-refractivity contribution in [2.45, 2.75) is 102 Å². The number of aromatic nitrogens is 5. The van der Waals surface area contributed by atoms with Gasteiger partial charge in [-0.2, -0.15) is 4.98 Å². The first-order chi connectivity index (χ1) is 29.5. The summed E-state index contributed by atoms with van der Waals surface area (Å²) in [5.74, 6) is -0.550. The quantitative estimate of drug-likeness (QED) is 0.0868. The van der Waals surface area contributed by atoms with Gasteiger partial charge in [-0.3, -0.25) is 28.9 Å². The van der Waals surface area contributed by atoms with Crippen molar-refractivity contribution in [1.29, 1.82) is 0 Å². The minimum atomic E-state index is -2.54. The number of aliphatic hydroxyl groups excluding tert-OH is 1. The van der Waals surface area contributed by atoms with Crippen LogP contribution in [0.5, 0.6) is 0 Å². The van der Waals surface area contributed by atoms with Crippen molar-refractivity contribution in [3.63, 3.8) is 0 Å². The number of aliphatic hydroxyl groups is 1. The van der Waals surface area contributed by atoms with E-state index in [2.05, 4.69) is 60.4 Å². The molecule has 326 valence electrons. The van der Waals surface area contributed by atoms with Crippen molar-refractivity contribution in [1.82, 2.24) is 38.8 Å². The summed E-state index contributed by atoms with van der Waals surface area (Å²) >= 11 is 0. The molecule has 0 radical (unpaired) electrons. The lowest BCUT2D eigenvalue weighted by molar-refractivity contribution is -0.135. The van der Waals surface area contributed by atoms with Crippen LogP contribution >= 0.6 is 0 Å². The number of carbonyl (C=O) groups is 2. The lowest BCUT2D eigenvalue weighted by atomic mass is 9.93. The van der Waals surface area contributed by atoms with E-state index in [9.17, 15) is 28.3 Å². The monoisotopic (exact) mass is 841 g/mol. The second-order valence-corrected chi connectivity index (χ2v) is 17.0.